The summed E-state index contributed by atoms with van der Waals surface area (Å²) in [5.74, 6) is 1.87. The predicted octanol–water partition coefficient (Wildman–Crippen LogP) is 1.58. The van der Waals surface area contributed by atoms with E-state index in [9.17, 15) is 0 Å². The van der Waals surface area contributed by atoms with Gasteiger partial charge in [0.1, 0.15) is 5.82 Å². The molecule has 4 heteroatoms. The summed E-state index contributed by atoms with van der Waals surface area (Å²) in [6.07, 6.45) is 1.98. The summed E-state index contributed by atoms with van der Waals surface area (Å²) in [4.78, 5) is 9.52. The van der Waals surface area contributed by atoms with Crippen molar-refractivity contribution < 1.29 is 0 Å². The van der Waals surface area contributed by atoms with Crippen molar-refractivity contribution in [2.75, 3.05) is 44.7 Å². The van der Waals surface area contributed by atoms with Gasteiger partial charge >= 0.3 is 0 Å². The first-order chi connectivity index (χ1) is 9.19. The molecule has 0 bridgehead atoms. The Balaban J connectivity index is 1.87. The topological polar surface area (TPSA) is 31.4 Å². The molecule has 2 heterocycles. The highest BCUT2D eigenvalue weighted by atomic mass is 15.3. The van der Waals surface area contributed by atoms with E-state index in [1.54, 1.807) is 0 Å². The van der Waals surface area contributed by atoms with Crippen LogP contribution in [0, 0.1) is 5.92 Å². The van der Waals surface area contributed by atoms with Gasteiger partial charge in [-0.25, -0.2) is 4.98 Å². The lowest BCUT2D eigenvalue weighted by atomic mass is 10.2. The number of aromatic nitrogens is 1. The average molecular weight is 262 g/mol. The SMILES string of the molecule is CNCc1ccc(N2CCN(CC(C)C)CC2)nc1. The number of piperazine rings is 1. The highest BCUT2D eigenvalue weighted by Crippen LogP contribution is 2.14. The van der Waals surface area contributed by atoms with Crippen LogP contribution in [-0.2, 0) is 6.54 Å². The number of hydrogen-bond acceptors (Lipinski definition) is 4. The first-order valence-corrected chi connectivity index (χ1v) is 7.26. The van der Waals surface area contributed by atoms with Crippen LogP contribution in [0.15, 0.2) is 18.3 Å². The fraction of sp³-hybridized carbons (Fsp3) is 0.667. The van der Waals surface area contributed by atoms with Gasteiger partial charge < -0.3 is 10.2 Å². The van der Waals surface area contributed by atoms with E-state index in [4.69, 9.17) is 0 Å². The third kappa shape index (κ3) is 4.18. The number of nitrogens with one attached hydrogen (secondary N) is 1. The number of hydrogen-bond donors (Lipinski definition) is 1. The molecule has 0 radical (unpaired) electrons. The molecule has 19 heavy (non-hydrogen) atoms. The van der Waals surface area contributed by atoms with Gasteiger partial charge in [0.15, 0.2) is 0 Å². The Hall–Kier alpha value is -1.13. The van der Waals surface area contributed by atoms with Gasteiger partial charge in [0.25, 0.3) is 0 Å². The molecular weight excluding hydrogens is 236 g/mol. The molecule has 1 fully saturated rings. The summed E-state index contributed by atoms with van der Waals surface area (Å²) in [7, 11) is 1.96. The van der Waals surface area contributed by atoms with Gasteiger partial charge in [-0.3, -0.25) is 4.90 Å². The molecule has 0 atom stereocenters. The number of rotatable bonds is 5. The molecule has 0 aromatic carbocycles. The third-order valence-corrected chi connectivity index (χ3v) is 3.51. The summed E-state index contributed by atoms with van der Waals surface area (Å²) in [6.45, 7) is 11.1. The quantitative estimate of drug-likeness (QED) is 0.873. The lowest BCUT2D eigenvalue weighted by Gasteiger charge is -2.36. The van der Waals surface area contributed by atoms with Crippen molar-refractivity contribution in [3.63, 3.8) is 0 Å². The summed E-state index contributed by atoms with van der Waals surface area (Å²) in [5, 5.41) is 3.15. The highest BCUT2D eigenvalue weighted by molar-refractivity contribution is 5.39. The maximum Gasteiger partial charge on any atom is 0.128 e. The number of anilines is 1. The zero-order valence-corrected chi connectivity index (χ0v) is 12.4. The van der Waals surface area contributed by atoms with Crippen molar-refractivity contribution in [2.45, 2.75) is 20.4 Å². The second-order valence-corrected chi connectivity index (χ2v) is 5.74. The van der Waals surface area contributed by atoms with Crippen LogP contribution in [0.4, 0.5) is 5.82 Å². The van der Waals surface area contributed by atoms with Crippen molar-refractivity contribution in [3.05, 3.63) is 23.9 Å². The van der Waals surface area contributed by atoms with Crippen LogP contribution in [0.25, 0.3) is 0 Å². The summed E-state index contributed by atoms with van der Waals surface area (Å²) >= 11 is 0. The van der Waals surface area contributed by atoms with Crippen molar-refractivity contribution in [1.29, 1.82) is 0 Å². The minimum Gasteiger partial charge on any atom is -0.354 e. The van der Waals surface area contributed by atoms with E-state index in [1.165, 1.54) is 12.1 Å². The van der Waals surface area contributed by atoms with Crippen LogP contribution in [-0.4, -0.2) is 49.7 Å². The first-order valence-electron chi connectivity index (χ1n) is 7.26. The Morgan fingerprint density at radius 1 is 1.21 bits per heavy atom. The Morgan fingerprint density at radius 2 is 1.95 bits per heavy atom. The monoisotopic (exact) mass is 262 g/mol. The Labute approximate surface area is 116 Å². The van der Waals surface area contributed by atoms with E-state index in [-0.39, 0.29) is 0 Å². The van der Waals surface area contributed by atoms with Crippen molar-refractivity contribution in [1.82, 2.24) is 15.2 Å². The van der Waals surface area contributed by atoms with Crippen molar-refractivity contribution in [3.8, 4) is 0 Å². The van der Waals surface area contributed by atoms with Crippen LogP contribution < -0.4 is 10.2 Å². The first kappa shape index (κ1) is 14.3. The van der Waals surface area contributed by atoms with Crippen LogP contribution in [0.5, 0.6) is 0 Å². The molecule has 1 aliphatic heterocycles. The summed E-state index contributed by atoms with van der Waals surface area (Å²) in [5.41, 5.74) is 1.24. The van der Waals surface area contributed by atoms with Crippen molar-refractivity contribution >= 4 is 5.82 Å². The average Bonchev–Trinajstić information content (AvgIpc) is 2.40. The van der Waals surface area contributed by atoms with Gasteiger partial charge in [0.2, 0.25) is 0 Å². The molecule has 1 saturated heterocycles. The van der Waals surface area contributed by atoms with Crippen LogP contribution in [0.2, 0.25) is 0 Å². The molecule has 1 N–H and O–H groups in total. The fourth-order valence-electron chi connectivity index (χ4n) is 2.59. The molecule has 1 aromatic rings. The fourth-order valence-corrected chi connectivity index (χ4v) is 2.59. The van der Waals surface area contributed by atoms with Gasteiger partial charge in [-0.15, -0.1) is 0 Å². The molecule has 4 nitrogen and oxygen atoms in total. The Kier molecular flexibility index (Phi) is 5.16. The van der Waals surface area contributed by atoms with Crippen LogP contribution in [0.1, 0.15) is 19.4 Å². The minimum atomic E-state index is 0.755. The second-order valence-electron chi connectivity index (χ2n) is 5.74. The van der Waals surface area contributed by atoms with Gasteiger partial charge in [-0.05, 0) is 24.6 Å². The van der Waals surface area contributed by atoms with Crippen molar-refractivity contribution in [2.24, 2.45) is 5.92 Å². The van der Waals surface area contributed by atoms with Gasteiger partial charge in [-0.1, -0.05) is 19.9 Å². The number of pyridine rings is 1. The maximum atomic E-state index is 4.57. The normalized spacial score (nSPS) is 17.2. The van der Waals surface area contributed by atoms with E-state index in [2.05, 4.69) is 46.1 Å². The predicted molar refractivity (Wildman–Crippen MR) is 80.5 cm³/mol. The molecule has 1 aromatic heterocycles. The Bertz CT molecular complexity index is 366. The summed E-state index contributed by atoms with van der Waals surface area (Å²) < 4.78 is 0. The van der Waals surface area contributed by atoms with Crippen LogP contribution >= 0.6 is 0 Å². The molecule has 0 aliphatic carbocycles. The van der Waals surface area contributed by atoms with Gasteiger partial charge in [0.05, 0.1) is 0 Å². The standard InChI is InChI=1S/C15H26N4/c1-13(2)12-18-6-8-19(9-7-18)15-5-4-14(10-16-3)11-17-15/h4-5,11,13,16H,6-10,12H2,1-3H3. The molecule has 106 valence electrons. The molecular formula is C15H26N4. The maximum absolute atomic E-state index is 4.57. The van der Waals surface area contributed by atoms with E-state index in [0.717, 1.165) is 44.5 Å². The van der Waals surface area contributed by atoms with E-state index >= 15 is 0 Å². The largest absolute Gasteiger partial charge is 0.354 e. The second kappa shape index (κ2) is 6.87. The van der Waals surface area contributed by atoms with Gasteiger partial charge in [-0.2, -0.15) is 0 Å². The zero-order chi connectivity index (χ0) is 13.7. The lowest BCUT2D eigenvalue weighted by Crippen LogP contribution is -2.47. The van der Waals surface area contributed by atoms with E-state index < -0.39 is 0 Å². The molecule has 2 rings (SSSR count). The molecule has 0 amide bonds. The lowest BCUT2D eigenvalue weighted by molar-refractivity contribution is 0.231. The minimum absolute atomic E-state index is 0.755. The Morgan fingerprint density at radius 3 is 2.47 bits per heavy atom. The molecule has 0 unspecified atom stereocenters. The third-order valence-electron chi connectivity index (χ3n) is 3.51. The number of nitrogens with zero attached hydrogens (tertiary/aromatic N) is 3. The molecule has 0 saturated carbocycles. The van der Waals surface area contributed by atoms with Gasteiger partial charge in [0, 0.05) is 45.5 Å². The smallest absolute Gasteiger partial charge is 0.128 e. The summed E-state index contributed by atoms with van der Waals surface area (Å²) in [6, 6.07) is 4.31. The van der Waals surface area contributed by atoms with E-state index in [0.29, 0.717) is 0 Å². The zero-order valence-electron chi connectivity index (χ0n) is 12.4. The highest BCUT2D eigenvalue weighted by Gasteiger charge is 2.18. The molecule has 0 spiro atoms. The molecule has 1 aliphatic rings. The van der Waals surface area contributed by atoms with E-state index in [1.807, 2.05) is 13.2 Å². The van der Waals surface area contributed by atoms with Crippen LogP contribution in [0.3, 0.4) is 0 Å².